The van der Waals surface area contributed by atoms with Gasteiger partial charge in [0.1, 0.15) is 5.54 Å². The van der Waals surface area contributed by atoms with E-state index in [9.17, 15) is 13.2 Å². The van der Waals surface area contributed by atoms with Crippen LogP contribution in [0.1, 0.15) is 19.8 Å². The molecule has 0 spiro atoms. The van der Waals surface area contributed by atoms with Crippen LogP contribution in [0.3, 0.4) is 0 Å². The number of sulfonamides is 1. The van der Waals surface area contributed by atoms with Gasteiger partial charge in [-0.15, -0.1) is 6.58 Å². The van der Waals surface area contributed by atoms with E-state index in [1.807, 2.05) is 4.72 Å². The van der Waals surface area contributed by atoms with Crippen LogP contribution in [-0.4, -0.2) is 25.6 Å². The Morgan fingerprint density at radius 1 is 1.73 bits per heavy atom. The number of carbonyl (C=O) groups is 1. The van der Waals surface area contributed by atoms with Gasteiger partial charge in [-0.05, 0) is 12.8 Å². The first kappa shape index (κ1) is 12.2. The Morgan fingerprint density at radius 2 is 2.33 bits per heavy atom. The summed E-state index contributed by atoms with van der Waals surface area (Å²) in [6.45, 7) is 5.25. The highest BCUT2D eigenvalue weighted by molar-refractivity contribution is 7.90. The molecule has 86 valence electrons. The van der Waals surface area contributed by atoms with Crippen molar-refractivity contribution in [2.45, 2.75) is 25.3 Å². The highest BCUT2D eigenvalue weighted by atomic mass is 32.2. The van der Waals surface area contributed by atoms with Gasteiger partial charge in [-0.2, -0.15) is 0 Å². The summed E-state index contributed by atoms with van der Waals surface area (Å²) in [5.74, 6) is -0.803. The van der Waals surface area contributed by atoms with Crippen molar-refractivity contribution in [1.82, 2.24) is 4.72 Å². The molecule has 6 heteroatoms. The van der Waals surface area contributed by atoms with Crippen molar-refractivity contribution in [2.75, 3.05) is 5.75 Å². The summed E-state index contributed by atoms with van der Waals surface area (Å²) in [6.07, 6.45) is 2.50. The maximum absolute atomic E-state index is 11.5. The maximum Gasteiger partial charge on any atom is 0.254 e. The quantitative estimate of drug-likeness (QED) is 0.639. The first-order valence-corrected chi connectivity index (χ1v) is 6.47. The molecule has 1 saturated carbocycles. The van der Waals surface area contributed by atoms with Crippen molar-refractivity contribution in [3.05, 3.63) is 12.7 Å². The first-order valence-electron chi connectivity index (χ1n) is 4.82. The van der Waals surface area contributed by atoms with Crippen molar-refractivity contribution in [1.29, 1.82) is 0 Å². The van der Waals surface area contributed by atoms with Gasteiger partial charge in [0, 0.05) is 5.92 Å². The number of hydrogen-bond donors (Lipinski definition) is 2. The smallest absolute Gasteiger partial charge is 0.254 e. The lowest BCUT2D eigenvalue weighted by Gasteiger charge is -2.11. The molecule has 0 aromatic heterocycles. The van der Waals surface area contributed by atoms with E-state index in [2.05, 4.69) is 6.58 Å². The van der Waals surface area contributed by atoms with Gasteiger partial charge in [-0.25, -0.2) is 8.42 Å². The summed E-state index contributed by atoms with van der Waals surface area (Å²) in [7, 11) is -3.52. The van der Waals surface area contributed by atoms with Gasteiger partial charge < -0.3 is 5.73 Å². The zero-order valence-corrected chi connectivity index (χ0v) is 9.51. The van der Waals surface area contributed by atoms with Gasteiger partial charge in [-0.3, -0.25) is 9.52 Å². The van der Waals surface area contributed by atoms with Crippen LogP contribution in [0.25, 0.3) is 0 Å². The minimum atomic E-state index is -3.52. The normalized spacial score (nSPS) is 29.6. The molecule has 0 aliphatic heterocycles. The van der Waals surface area contributed by atoms with Crippen LogP contribution in [0.2, 0.25) is 0 Å². The summed E-state index contributed by atoms with van der Waals surface area (Å²) >= 11 is 0. The maximum atomic E-state index is 11.5. The van der Waals surface area contributed by atoms with E-state index in [1.165, 1.54) is 0 Å². The molecule has 0 bridgehead atoms. The van der Waals surface area contributed by atoms with Gasteiger partial charge in [-0.1, -0.05) is 13.0 Å². The second-order valence-electron chi connectivity index (χ2n) is 3.84. The van der Waals surface area contributed by atoms with E-state index in [-0.39, 0.29) is 11.7 Å². The van der Waals surface area contributed by atoms with Gasteiger partial charge in [0.2, 0.25) is 10.0 Å². The SMILES string of the molecule is C=C[C@@H]1C[C@]1(N)C(=O)NS(=O)(=O)CCC. The van der Waals surface area contributed by atoms with Gasteiger partial charge in [0.15, 0.2) is 0 Å². The van der Waals surface area contributed by atoms with Crippen molar-refractivity contribution in [2.24, 2.45) is 11.7 Å². The van der Waals surface area contributed by atoms with Crippen LogP contribution < -0.4 is 10.5 Å². The molecule has 1 aliphatic carbocycles. The first-order chi connectivity index (χ1) is 6.85. The Labute approximate surface area is 89.8 Å². The van der Waals surface area contributed by atoms with E-state index >= 15 is 0 Å². The summed E-state index contributed by atoms with van der Waals surface area (Å²) in [5, 5.41) is 0. The number of hydrogen-bond acceptors (Lipinski definition) is 4. The van der Waals surface area contributed by atoms with E-state index < -0.39 is 21.5 Å². The number of carbonyl (C=O) groups excluding carboxylic acids is 1. The van der Waals surface area contributed by atoms with Crippen molar-refractivity contribution in [3.8, 4) is 0 Å². The Morgan fingerprint density at radius 3 is 2.73 bits per heavy atom. The molecule has 0 radical (unpaired) electrons. The van der Waals surface area contributed by atoms with E-state index in [1.54, 1.807) is 13.0 Å². The monoisotopic (exact) mass is 232 g/mol. The number of rotatable bonds is 5. The highest BCUT2D eigenvalue weighted by Gasteiger charge is 2.56. The van der Waals surface area contributed by atoms with Gasteiger partial charge >= 0.3 is 0 Å². The third kappa shape index (κ3) is 2.57. The van der Waals surface area contributed by atoms with E-state index in [4.69, 9.17) is 5.73 Å². The minimum Gasteiger partial charge on any atom is -0.317 e. The van der Waals surface area contributed by atoms with Crippen LogP contribution in [0, 0.1) is 5.92 Å². The van der Waals surface area contributed by atoms with Crippen molar-refractivity contribution < 1.29 is 13.2 Å². The highest BCUT2D eigenvalue weighted by Crippen LogP contribution is 2.41. The topological polar surface area (TPSA) is 89.3 Å². The third-order valence-corrected chi connectivity index (χ3v) is 3.93. The number of nitrogens with two attached hydrogens (primary N) is 1. The molecule has 1 amide bonds. The molecule has 1 rings (SSSR count). The van der Waals surface area contributed by atoms with E-state index in [0.29, 0.717) is 12.8 Å². The van der Waals surface area contributed by atoms with Crippen LogP contribution in [0.15, 0.2) is 12.7 Å². The molecule has 2 atom stereocenters. The molecule has 3 N–H and O–H groups in total. The molecule has 15 heavy (non-hydrogen) atoms. The molecule has 0 heterocycles. The fourth-order valence-corrected chi connectivity index (χ4v) is 2.53. The minimum absolute atomic E-state index is 0.0619. The second-order valence-corrected chi connectivity index (χ2v) is 5.68. The molecule has 0 aromatic rings. The summed E-state index contributed by atoms with van der Waals surface area (Å²) in [4.78, 5) is 11.5. The van der Waals surface area contributed by atoms with Crippen molar-refractivity contribution >= 4 is 15.9 Å². The molecule has 0 saturated heterocycles. The van der Waals surface area contributed by atoms with Crippen LogP contribution in [0.5, 0.6) is 0 Å². The van der Waals surface area contributed by atoms with E-state index in [0.717, 1.165) is 0 Å². The summed E-state index contributed by atoms with van der Waals surface area (Å²) in [6, 6.07) is 0. The van der Waals surface area contributed by atoms with Crippen LogP contribution in [-0.2, 0) is 14.8 Å². The molecule has 1 aliphatic rings. The fourth-order valence-electron chi connectivity index (χ4n) is 1.42. The summed E-state index contributed by atoms with van der Waals surface area (Å²) < 4.78 is 24.6. The zero-order chi connectivity index (χ0) is 11.7. The average Bonchev–Trinajstić information content (AvgIpc) is 2.77. The standard InChI is InChI=1S/C9H16N2O3S/c1-3-5-15(13,14)11-8(12)9(10)6-7(9)4-2/h4,7H,2-3,5-6,10H2,1H3,(H,11,12)/t7-,9-/m1/s1. The number of nitrogens with one attached hydrogen (secondary N) is 1. The Hall–Kier alpha value is -0.880. The van der Waals surface area contributed by atoms with Gasteiger partial charge in [0.05, 0.1) is 5.75 Å². The molecule has 5 nitrogen and oxygen atoms in total. The van der Waals surface area contributed by atoms with Crippen LogP contribution in [0.4, 0.5) is 0 Å². The second kappa shape index (κ2) is 3.94. The lowest BCUT2D eigenvalue weighted by atomic mass is 10.2. The molecule has 0 unspecified atom stereocenters. The number of amides is 1. The lowest BCUT2D eigenvalue weighted by molar-refractivity contribution is -0.121. The molecule has 1 fully saturated rings. The predicted octanol–water partition coefficient (Wildman–Crippen LogP) is -0.254. The third-order valence-electron chi connectivity index (χ3n) is 2.49. The van der Waals surface area contributed by atoms with Crippen molar-refractivity contribution in [3.63, 3.8) is 0 Å². The lowest BCUT2D eigenvalue weighted by Crippen LogP contribution is -2.47. The van der Waals surface area contributed by atoms with Gasteiger partial charge in [0.25, 0.3) is 5.91 Å². The predicted molar refractivity (Wildman–Crippen MR) is 57.4 cm³/mol. The zero-order valence-electron chi connectivity index (χ0n) is 8.69. The fraction of sp³-hybridized carbons (Fsp3) is 0.667. The molecular formula is C9H16N2O3S. The summed E-state index contributed by atoms with van der Waals surface area (Å²) in [5.41, 5.74) is 4.63. The molecule has 0 aromatic carbocycles. The molecular weight excluding hydrogens is 216 g/mol. The van der Waals surface area contributed by atoms with Crippen LogP contribution >= 0.6 is 0 Å². The Kier molecular flexibility index (Phi) is 3.20. The largest absolute Gasteiger partial charge is 0.317 e. The average molecular weight is 232 g/mol. The Bertz CT molecular complexity index is 377. The Balaban J connectivity index is 2.62.